The van der Waals surface area contributed by atoms with Gasteiger partial charge in [0.1, 0.15) is 6.61 Å². The standard InChI is InChI=1S/C28H29Cl2NO6/c1-15-25(28(33)37-10-9-34-2)26(19-7-6-18(29)14-20(19)30)27-21(31-15)11-17(12-22(27)32)16-5-8-23(35-3)24(13-16)36-4/h5-8,13-14,17,26,31H,9-12H2,1-4H3/t17-,26-/m1/s1. The molecule has 0 radical (unpaired) electrons. The number of methoxy groups -OCH3 is 3. The molecule has 0 aromatic heterocycles. The van der Waals surface area contributed by atoms with Gasteiger partial charge in [-0.05, 0) is 54.7 Å². The second kappa shape index (κ2) is 11.6. The van der Waals surface area contributed by atoms with Gasteiger partial charge in [0, 0.05) is 46.5 Å². The van der Waals surface area contributed by atoms with Crippen LogP contribution >= 0.6 is 23.2 Å². The van der Waals surface area contributed by atoms with Crippen LogP contribution in [0.15, 0.2) is 58.9 Å². The SMILES string of the molecule is COCCOC(=O)C1=C(C)NC2=C(C(=O)C[C@H](c3ccc(OC)c(OC)c3)C2)[C@@H]1c1ccc(Cl)cc1Cl. The second-order valence-electron chi connectivity index (χ2n) is 8.93. The maximum absolute atomic E-state index is 13.8. The van der Waals surface area contributed by atoms with Crippen LogP contribution in [0.1, 0.15) is 42.7 Å². The first kappa shape index (κ1) is 27.0. The van der Waals surface area contributed by atoms with Crippen LogP contribution in [0, 0.1) is 0 Å². The molecule has 0 fully saturated rings. The summed E-state index contributed by atoms with van der Waals surface area (Å²) in [5.41, 5.74) is 3.82. The number of ketones is 1. The molecule has 0 spiro atoms. The predicted octanol–water partition coefficient (Wildman–Crippen LogP) is 5.56. The van der Waals surface area contributed by atoms with Crippen molar-refractivity contribution in [2.75, 3.05) is 34.5 Å². The summed E-state index contributed by atoms with van der Waals surface area (Å²) in [6.07, 6.45) is 0.838. The minimum absolute atomic E-state index is 0.0701. The average Bonchev–Trinajstić information content (AvgIpc) is 2.87. The van der Waals surface area contributed by atoms with Crippen molar-refractivity contribution in [3.8, 4) is 11.5 Å². The number of nitrogens with one attached hydrogen (secondary N) is 1. The minimum atomic E-state index is -0.685. The molecule has 0 amide bonds. The number of Topliss-reactive ketones (excluding diaryl/α,β-unsaturated/α-hetero) is 1. The molecule has 37 heavy (non-hydrogen) atoms. The maximum atomic E-state index is 13.8. The molecule has 2 aromatic rings. The van der Waals surface area contributed by atoms with E-state index in [-0.39, 0.29) is 31.3 Å². The number of benzene rings is 2. The van der Waals surface area contributed by atoms with E-state index in [1.54, 1.807) is 39.3 Å². The number of ether oxygens (including phenoxy) is 4. The fraction of sp³-hybridized carbons (Fsp3) is 0.357. The number of esters is 1. The molecular weight excluding hydrogens is 517 g/mol. The number of halogens is 2. The Morgan fingerprint density at radius 3 is 2.43 bits per heavy atom. The number of allylic oxidation sites excluding steroid dienone is 3. The Hall–Kier alpha value is -3.00. The lowest BCUT2D eigenvalue weighted by Crippen LogP contribution is -2.36. The Bertz CT molecular complexity index is 1290. The van der Waals surface area contributed by atoms with Crippen LogP contribution in [-0.2, 0) is 19.1 Å². The molecule has 4 rings (SSSR count). The molecule has 2 aliphatic rings. The van der Waals surface area contributed by atoms with Gasteiger partial charge >= 0.3 is 5.97 Å². The summed E-state index contributed by atoms with van der Waals surface area (Å²) < 4.78 is 21.3. The molecule has 0 bridgehead atoms. The summed E-state index contributed by atoms with van der Waals surface area (Å²) >= 11 is 12.8. The van der Waals surface area contributed by atoms with E-state index < -0.39 is 11.9 Å². The van der Waals surface area contributed by atoms with Gasteiger partial charge in [-0.2, -0.15) is 0 Å². The van der Waals surface area contributed by atoms with Gasteiger partial charge in [0.05, 0.1) is 26.4 Å². The molecular formula is C28H29Cl2NO6. The van der Waals surface area contributed by atoms with Gasteiger partial charge in [-0.25, -0.2) is 4.79 Å². The van der Waals surface area contributed by atoms with Crippen LogP contribution in [0.5, 0.6) is 11.5 Å². The van der Waals surface area contributed by atoms with E-state index in [9.17, 15) is 9.59 Å². The third-order valence-corrected chi connectivity index (χ3v) is 7.28. The molecule has 0 saturated heterocycles. The van der Waals surface area contributed by atoms with Crippen molar-refractivity contribution in [3.05, 3.63) is 80.1 Å². The summed E-state index contributed by atoms with van der Waals surface area (Å²) in [5.74, 6) is -0.139. The van der Waals surface area contributed by atoms with Crippen molar-refractivity contribution in [2.24, 2.45) is 0 Å². The summed E-state index contributed by atoms with van der Waals surface area (Å²) in [6, 6.07) is 10.8. The molecule has 1 aliphatic heterocycles. The first-order valence-electron chi connectivity index (χ1n) is 11.9. The van der Waals surface area contributed by atoms with Gasteiger partial charge in [0.15, 0.2) is 17.3 Å². The number of hydrogen-bond donors (Lipinski definition) is 1. The van der Waals surface area contributed by atoms with Crippen molar-refractivity contribution in [1.82, 2.24) is 5.32 Å². The van der Waals surface area contributed by atoms with E-state index in [0.717, 1.165) is 11.3 Å². The Morgan fingerprint density at radius 2 is 1.76 bits per heavy atom. The molecule has 2 aromatic carbocycles. The first-order valence-corrected chi connectivity index (χ1v) is 12.6. The summed E-state index contributed by atoms with van der Waals surface area (Å²) in [6.45, 7) is 2.16. The Kier molecular flexibility index (Phi) is 8.47. The van der Waals surface area contributed by atoms with Gasteiger partial charge in [0.2, 0.25) is 0 Å². The quantitative estimate of drug-likeness (QED) is 0.343. The van der Waals surface area contributed by atoms with Gasteiger partial charge in [0.25, 0.3) is 0 Å². The monoisotopic (exact) mass is 545 g/mol. The Labute approximate surface area is 226 Å². The van der Waals surface area contributed by atoms with Crippen molar-refractivity contribution in [1.29, 1.82) is 0 Å². The molecule has 1 N–H and O–H groups in total. The zero-order valence-electron chi connectivity index (χ0n) is 21.2. The normalized spacial score (nSPS) is 19.4. The summed E-state index contributed by atoms with van der Waals surface area (Å²) in [7, 11) is 4.70. The van der Waals surface area contributed by atoms with E-state index in [4.69, 9.17) is 42.1 Å². The van der Waals surface area contributed by atoms with Crippen LogP contribution in [-0.4, -0.2) is 46.3 Å². The number of carbonyl (C=O) groups excluding carboxylic acids is 2. The molecule has 0 saturated carbocycles. The molecule has 0 unspecified atom stereocenters. The topological polar surface area (TPSA) is 83.1 Å². The third-order valence-electron chi connectivity index (χ3n) is 6.72. The van der Waals surface area contributed by atoms with Crippen LogP contribution in [0.25, 0.3) is 0 Å². The van der Waals surface area contributed by atoms with Crippen molar-refractivity contribution in [3.63, 3.8) is 0 Å². The number of rotatable bonds is 8. The van der Waals surface area contributed by atoms with E-state index in [0.29, 0.717) is 50.4 Å². The smallest absolute Gasteiger partial charge is 0.336 e. The highest BCUT2D eigenvalue weighted by Gasteiger charge is 2.42. The Balaban J connectivity index is 1.76. The second-order valence-corrected chi connectivity index (χ2v) is 9.77. The van der Waals surface area contributed by atoms with Gasteiger partial charge in [-0.3, -0.25) is 4.79 Å². The van der Waals surface area contributed by atoms with E-state index >= 15 is 0 Å². The molecule has 9 heteroatoms. The fourth-order valence-electron chi connectivity index (χ4n) is 4.99. The lowest BCUT2D eigenvalue weighted by atomic mass is 9.71. The molecule has 1 heterocycles. The van der Waals surface area contributed by atoms with Crippen molar-refractivity contribution < 1.29 is 28.5 Å². The van der Waals surface area contributed by atoms with E-state index in [2.05, 4.69) is 5.32 Å². The maximum Gasteiger partial charge on any atom is 0.336 e. The van der Waals surface area contributed by atoms with Crippen molar-refractivity contribution in [2.45, 2.75) is 31.6 Å². The summed E-state index contributed by atoms with van der Waals surface area (Å²) in [5, 5.41) is 4.17. The zero-order chi connectivity index (χ0) is 26.7. The molecule has 7 nitrogen and oxygen atoms in total. The van der Waals surface area contributed by atoms with Crippen LogP contribution in [0.3, 0.4) is 0 Å². The highest BCUT2D eigenvalue weighted by atomic mass is 35.5. The van der Waals surface area contributed by atoms with E-state index in [1.807, 2.05) is 18.2 Å². The highest BCUT2D eigenvalue weighted by molar-refractivity contribution is 6.35. The van der Waals surface area contributed by atoms with Crippen LogP contribution in [0.4, 0.5) is 0 Å². The lowest BCUT2D eigenvalue weighted by molar-refractivity contribution is -0.140. The number of dihydropyridines is 1. The lowest BCUT2D eigenvalue weighted by Gasteiger charge is -2.37. The number of hydrogen-bond acceptors (Lipinski definition) is 7. The predicted molar refractivity (Wildman–Crippen MR) is 141 cm³/mol. The largest absolute Gasteiger partial charge is 0.493 e. The first-order chi connectivity index (χ1) is 17.8. The van der Waals surface area contributed by atoms with E-state index in [1.165, 1.54) is 7.11 Å². The molecule has 1 aliphatic carbocycles. The Morgan fingerprint density at radius 1 is 1.00 bits per heavy atom. The minimum Gasteiger partial charge on any atom is -0.493 e. The highest BCUT2D eigenvalue weighted by Crippen LogP contribution is 2.48. The zero-order valence-corrected chi connectivity index (χ0v) is 22.7. The van der Waals surface area contributed by atoms with Gasteiger partial charge in [-0.1, -0.05) is 35.3 Å². The fourth-order valence-corrected chi connectivity index (χ4v) is 5.51. The number of carbonyl (C=O) groups is 2. The average molecular weight is 546 g/mol. The summed E-state index contributed by atoms with van der Waals surface area (Å²) in [4.78, 5) is 27.0. The third kappa shape index (κ3) is 5.49. The molecule has 2 atom stereocenters. The van der Waals surface area contributed by atoms with Gasteiger partial charge < -0.3 is 24.3 Å². The van der Waals surface area contributed by atoms with Crippen molar-refractivity contribution >= 4 is 35.0 Å². The van der Waals surface area contributed by atoms with Crippen LogP contribution in [0.2, 0.25) is 10.0 Å². The molecule has 196 valence electrons. The van der Waals surface area contributed by atoms with Gasteiger partial charge in [-0.15, -0.1) is 0 Å². The van der Waals surface area contributed by atoms with Crippen LogP contribution < -0.4 is 14.8 Å².